The molecule has 4 rings (SSSR count). The number of carbonyl (C=O) groups excluding carboxylic acids is 1. The molecule has 0 unspecified atom stereocenters. The Kier molecular flexibility index (Phi) is 6.55. The Morgan fingerprint density at radius 3 is 2.57 bits per heavy atom. The molecule has 0 N–H and O–H groups in total. The van der Waals surface area contributed by atoms with Crippen molar-refractivity contribution in [2.24, 2.45) is 0 Å². The molecule has 0 bridgehead atoms. The highest BCUT2D eigenvalue weighted by Crippen LogP contribution is 2.23. The van der Waals surface area contributed by atoms with Gasteiger partial charge in [-0.2, -0.15) is 0 Å². The number of pyridine rings is 1. The monoisotopic (exact) mass is 414 g/mol. The summed E-state index contributed by atoms with van der Waals surface area (Å²) in [4.78, 5) is 26.8. The van der Waals surface area contributed by atoms with E-state index in [4.69, 9.17) is 9.72 Å². The van der Waals surface area contributed by atoms with Gasteiger partial charge in [-0.05, 0) is 25.6 Å². The number of nitrogens with zero attached hydrogens (tertiary/aromatic N) is 6. The Bertz CT molecular complexity index is 868. The number of amides is 1. The topological polar surface area (TPSA) is 56.6 Å². The van der Waals surface area contributed by atoms with Crippen molar-refractivity contribution >= 4 is 17.4 Å². The van der Waals surface area contributed by atoms with Crippen LogP contribution in [0.2, 0.25) is 0 Å². The largest absolute Gasteiger partial charge is 0.379 e. The molecule has 0 aliphatic carbocycles. The number of imidazole rings is 1. The van der Waals surface area contributed by atoms with E-state index in [0.29, 0.717) is 0 Å². The van der Waals surface area contributed by atoms with Crippen molar-refractivity contribution < 1.29 is 9.53 Å². The summed E-state index contributed by atoms with van der Waals surface area (Å²) in [5.74, 6) is 1.20. The maximum Gasteiger partial charge on any atom is 0.255 e. The minimum atomic E-state index is 0.110. The van der Waals surface area contributed by atoms with Crippen molar-refractivity contribution in [2.45, 2.75) is 13.3 Å². The molecule has 2 aromatic heterocycles. The molecule has 1 amide bonds. The number of carbonyl (C=O) groups is 1. The minimum absolute atomic E-state index is 0.110. The zero-order chi connectivity index (χ0) is 21.1. The number of rotatable bonds is 6. The highest BCUT2D eigenvalue weighted by atomic mass is 16.5. The first kappa shape index (κ1) is 21.1. The van der Waals surface area contributed by atoms with Crippen LogP contribution in [0.25, 0.3) is 5.65 Å². The molecule has 2 saturated heterocycles. The Balaban J connectivity index is 1.55. The number of likely N-dealkylation sites (N-methyl/N-ethyl adjacent to an activating group) is 2. The Hall–Kier alpha value is -2.16. The van der Waals surface area contributed by atoms with Gasteiger partial charge in [0.25, 0.3) is 5.91 Å². The van der Waals surface area contributed by atoms with Crippen LogP contribution in [-0.2, 0) is 11.2 Å². The number of fused-ring (bicyclic) bond motifs is 1. The molecule has 30 heavy (non-hydrogen) atoms. The van der Waals surface area contributed by atoms with E-state index in [9.17, 15) is 4.79 Å². The maximum atomic E-state index is 13.1. The fourth-order valence-corrected chi connectivity index (χ4v) is 4.26. The first-order valence-electron chi connectivity index (χ1n) is 11.1. The van der Waals surface area contributed by atoms with Crippen LogP contribution in [0, 0.1) is 0 Å². The van der Waals surface area contributed by atoms with E-state index in [1.807, 2.05) is 23.2 Å². The molecular formula is C22H34N6O2. The third kappa shape index (κ3) is 4.45. The summed E-state index contributed by atoms with van der Waals surface area (Å²) in [7, 11) is 4.22. The molecule has 2 aromatic rings. The normalized spacial score (nSPS) is 18.8. The molecule has 2 aliphatic rings. The molecular weight excluding hydrogens is 380 g/mol. The fraction of sp³-hybridized carbons (Fsp3) is 0.636. The molecule has 4 heterocycles. The fourth-order valence-electron chi connectivity index (χ4n) is 4.26. The lowest BCUT2D eigenvalue weighted by Gasteiger charge is -2.32. The Labute approximate surface area is 179 Å². The summed E-state index contributed by atoms with van der Waals surface area (Å²) < 4.78 is 7.56. The number of anilines is 1. The van der Waals surface area contributed by atoms with Crippen molar-refractivity contribution in [1.29, 1.82) is 0 Å². The number of aryl methyl sites for hydroxylation is 1. The van der Waals surface area contributed by atoms with E-state index in [2.05, 4.69) is 40.1 Å². The second-order valence-electron chi connectivity index (χ2n) is 8.35. The van der Waals surface area contributed by atoms with Crippen LogP contribution in [0.5, 0.6) is 0 Å². The van der Waals surface area contributed by atoms with Crippen LogP contribution < -0.4 is 4.90 Å². The zero-order valence-corrected chi connectivity index (χ0v) is 18.5. The summed E-state index contributed by atoms with van der Waals surface area (Å²) in [6.45, 7) is 11.1. The summed E-state index contributed by atoms with van der Waals surface area (Å²) in [6, 6.07) is 3.89. The summed E-state index contributed by atoms with van der Waals surface area (Å²) in [5.41, 5.74) is 2.70. The van der Waals surface area contributed by atoms with Gasteiger partial charge in [0.2, 0.25) is 0 Å². The Morgan fingerprint density at radius 2 is 1.87 bits per heavy atom. The molecule has 8 heteroatoms. The molecule has 0 aromatic carbocycles. The van der Waals surface area contributed by atoms with Crippen LogP contribution in [0.4, 0.5) is 5.82 Å². The van der Waals surface area contributed by atoms with Gasteiger partial charge in [-0.3, -0.25) is 14.1 Å². The van der Waals surface area contributed by atoms with E-state index in [-0.39, 0.29) is 5.91 Å². The smallest absolute Gasteiger partial charge is 0.255 e. The van der Waals surface area contributed by atoms with Gasteiger partial charge in [-0.15, -0.1) is 0 Å². The molecule has 0 saturated carbocycles. The van der Waals surface area contributed by atoms with E-state index in [1.54, 1.807) is 0 Å². The molecule has 8 nitrogen and oxygen atoms in total. The quantitative estimate of drug-likeness (QED) is 0.704. The zero-order valence-electron chi connectivity index (χ0n) is 18.5. The second kappa shape index (κ2) is 9.32. The third-order valence-electron chi connectivity index (χ3n) is 6.25. The highest BCUT2D eigenvalue weighted by Gasteiger charge is 2.22. The van der Waals surface area contributed by atoms with Gasteiger partial charge >= 0.3 is 0 Å². The average molecular weight is 415 g/mol. The van der Waals surface area contributed by atoms with Gasteiger partial charge in [0.1, 0.15) is 11.5 Å². The predicted octanol–water partition coefficient (Wildman–Crippen LogP) is 1.05. The van der Waals surface area contributed by atoms with Crippen molar-refractivity contribution in [3.8, 4) is 0 Å². The number of aromatic nitrogens is 2. The van der Waals surface area contributed by atoms with Crippen LogP contribution in [0.1, 0.15) is 23.0 Å². The van der Waals surface area contributed by atoms with Gasteiger partial charge in [0, 0.05) is 65.6 Å². The number of morpholine rings is 1. The first-order chi connectivity index (χ1) is 14.6. The van der Waals surface area contributed by atoms with Gasteiger partial charge in [-0.1, -0.05) is 6.92 Å². The van der Waals surface area contributed by atoms with Crippen LogP contribution >= 0.6 is 0 Å². The van der Waals surface area contributed by atoms with Gasteiger partial charge in [0.15, 0.2) is 0 Å². The number of hydrogen-bond acceptors (Lipinski definition) is 6. The molecule has 2 aliphatic heterocycles. The molecule has 0 spiro atoms. The van der Waals surface area contributed by atoms with Crippen molar-refractivity contribution in [1.82, 2.24) is 24.1 Å². The van der Waals surface area contributed by atoms with E-state index in [0.717, 1.165) is 94.7 Å². The molecule has 0 radical (unpaired) electrons. The average Bonchev–Trinajstić information content (AvgIpc) is 3.16. The van der Waals surface area contributed by atoms with E-state index < -0.39 is 0 Å². The third-order valence-corrected chi connectivity index (χ3v) is 6.25. The lowest BCUT2D eigenvalue weighted by Crippen LogP contribution is -2.47. The van der Waals surface area contributed by atoms with Crippen LogP contribution in [0.3, 0.4) is 0 Å². The van der Waals surface area contributed by atoms with Crippen LogP contribution in [0.15, 0.2) is 18.3 Å². The van der Waals surface area contributed by atoms with Crippen LogP contribution in [-0.4, -0.2) is 110 Å². The van der Waals surface area contributed by atoms with Crippen molar-refractivity contribution in [3.05, 3.63) is 29.6 Å². The number of hydrogen-bond donors (Lipinski definition) is 0. The van der Waals surface area contributed by atoms with Crippen molar-refractivity contribution in [2.75, 3.05) is 84.6 Å². The summed E-state index contributed by atoms with van der Waals surface area (Å²) in [6.07, 6.45) is 2.84. The van der Waals surface area contributed by atoms with Gasteiger partial charge in [0.05, 0.1) is 24.5 Å². The number of ether oxygens (including phenoxy) is 1. The van der Waals surface area contributed by atoms with Gasteiger partial charge < -0.3 is 19.4 Å². The minimum Gasteiger partial charge on any atom is -0.379 e. The molecule has 164 valence electrons. The SMILES string of the molecule is CCc1nc2ccc(C(=O)N3CCN(C)CC3)cn2c1N(C)CCN1CCOCC1. The molecule has 2 fully saturated rings. The standard InChI is InChI=1S/C22H34N6O2/c1-4-19-21(25(3)9-10-26-13-15-30-16-14-26)28-17-18(5-6-20(28)23-19)22(29)27-11-7-24(2)8-12-27/h5-6,17H,4,7-16H2,1-3H3. The molecule has 0 atom stereocenters. The lowest BCUT2D eigenvalue weighted by atomic mass is 10.2. The Morgan fingerprint density at radius 1 is 1.13 bits per heavy atom. The summed E-state index contributed by atoms with van der Waals surface area (Å²) >= 11 is 0. The second-order valence-corrected chi connectivity index (χ2v) is 8.35. The summed E-state index contributed by atoms with van der Waals surface area (Å²) in [5, 5.41) is 0. The first-order valence-corrected chi connectivity index (χ1v) is 11.1. The van der Waals surface area contributed by atoms with E-state index >= 15 is 0 Å². The maximum absolute atomic E-state index is 13.1. The van der Waals surface area contributed by atoms with Crippen molar-refractivity contribution in [3.63, 3.8) is 0 Å². The van der Waals surface area contributed by atoms with Gasteiger partial charge in [-0.25, -0.2) is 4.98 Å². The highest BCUT2D eigenvalue weighted by molar-refractivity contribution is 5.94. The number of piperazine rings is 1. The van der Waals surface area contributed by atoms with E-state index in [1.165, 1.54) is 0 Å². The lowest BCUT2D eigenvalue weighted by molar-refractivity contribution is 0.0392. The predicted molar refractivity (Wildman–Crippen MR) is 118 cm³/mol.